The average Bonchev–Trinajstić information content (AvgIpc) is 0.722. The van der Waals surface area contributed by atoms with Crippen LogP contribution in [0.1, 0.15) is 0 Å². The van der Waals surface area contributed by atoms with Gasteiger partial charge in [0.1, 0.15) is 0 Å². The Labute approximate surface area is 66.5 Å². The number of hydrogen-bond donors (Lipinski definition) is 0. The van der Waals surface area contributed by atoms with E-state index < -0.39 is 7.82 Å². The van der Waals surface area contributed by atoms with E-state index in [1.807, 2.05) is 0 Å². The summed E-state index contributed by atoms with van der Waals surface area (Å²) >= 11 is 0. The van der Waals surface area contributed by atoms with E-state index in [4.69, 9.17) is 19.2 Å². The van der Waals surface area contributed by atoms with Crippen LogP contribution in [0.15, 0.2) is 0 Å². The maximum absolute atomic E-state index is 8.55. The molecule has 0 unspecified atom stereocenters. The molecule has 0 aromatic carbocycles. The molecule has 0 aliphatic rings. The third-order valence-corrected chi connectivity index (χ3v) is 0. The smallest absolute Gasteiger partial charge is 0.822 e. The summed E-state index contributed by atoms with van der Waals surface area (Å²) in [6.45, 7) is 0. The van der Waals surface area contributed by atoms with E-state index in [1.54, 1.807) is 0 Å². The fourth-order valence-corrected chi connectivity index (χ4v) is 0. The fourth-order valence-electron chi connectivity index (χ4n) is 0. The normalized spacial score (nSPS) is 9.83. The molecule has 32 valence electrons. The molecule has 0 saturated carbocycles. The maximum atomic E-state index is 8.55. The van der Waals surface area contributed by atoms with Crippen LogP contribution in [-0.2, 0) is 4.57 Å². The molecule has 0 heterocycles. The van der Waals surface area contributed by atoms with Crippen molar-refractivity contribution in [2.45, 2.75) is 0 Å². The first-order valence-electron chi connectivity index (χ1n) is 0.730. The second-order valence-corrected chi connectivity index (χ2v) is 1.34. The molecule has 0 aromatic heterocycles. The molecule has 0 aliphatic carbocycles. The van der Waals surface area contributed by atoms with Crippen LogP contribution in [0.25, 0.3) is 0 Å². The summed E-state index contributed by atoms with van der Waals surface area (Å²) in [6, 6.07) is 0. The first kappa shape index (κ1) is 10.4. The van der Waals surface area contributed by atoms with E-state index in [0.29, 0.717) is 0 Å². The zero-order chi connectivity index (χ0) is 4.50. The molecule has 0 spiro atoms. The van der Waals surface area contributed by atoms with E-state index in [9.17, 15) is 0 Å². The zero-order valence-corrected chi connectivity index (χ0v) is 7.58. The first-order valence-corrected chi connectivity index (χ1v) is 2.19. The molecule has 4 nitrogen and oxygen atoms in total. The zero-order valence-electron chi connectivity index (χ0n) is 2.58. The van der Waals surface area contributed by atoms with Gasteiger partial charge in [-0.3, -0.25) is 0 Å². The summed E-state index contributed by atoms with van der Waals surface area (Å²) in [5, 5.41) is 0. The minimum absolute atomic E-state index is 0. The Bertz CT molecular complexity index is 53.7. The summed E-state index contributed by atoms with van der Waals surface area (Å²) in [4.78, 5) is 25.6. The first-order chi connectivity index (χ1) is 2.00. The van der Waals surface area contributed by atoms with E-state index in [2.05, 4.69) is 0 Å². The van der Waals surface area contributed by atoms with Gasteiger partial charge in [0.05, 0.1) is 0 Å². The second-order valence-electron chi connectivity index (χ2n) is 0.447. The van der Waals surface area contributed by atoms with Crippen LogP contribution in [0.4, 0.5) is 0 Å². The van der Waals surface area contributed by atoms with Crippen LogP contribution in [0, 0.1) is 39.9 Å². The van der Waals surface area contributed by atoms with Crippen LogP contribution in [0.3, 0.4) is 0 Å². The Balaban J connectivity index is 0. The number of hydrogen-bond acceptors (Lipinski definition) is 4. The topological polar surface area (TPSA) is 86.2 Å². The van der Waals surface area contributed by atoms with E-state index in [0.717, 1.165) is 0 Å². The molecule has 0 amide bonds. The van der Waals surface area contributed by atoms with E-state index in [-0.39, 0.29) is 39.9 Å². The standard InChI is InChI=1S/H3O4P.Th/c1-5(2,3)4;/h(H3,1,2,3,4);/q;+4/p-3. The SMILES string of the molecule is O=P([O-])([O-])[O-].[Th+4]. The fraction of sp³-hybridized carbons (Fsp3) is 0. The summed E-state index contributed by atoms with van der Waals surface area (Å²) in [5.41, 5.74) is 0. The van der Waals surface area contributed by atoms with Gasteiger partial charge in [0, 0.05) is 0 Å². The monoisotopic (exact) mass is 327 g/mol. The molecule has 6 heteroatoms. The van der Waals surface area contributed by atoms with Crippen molar-refractivity contribution in [3.05, 3.63) is 0 Å². The predicted octanol–water partition coefficient (Wildman–Crippen LogP) is -2.82. The van der Waals surface area contributed by atoms with Crippen LogP contribution < -0.4 is 14.7 Å². The molecule has 0 N–H and O–H groups in total. The number of phosphoric acid groups is 1. The van der Waals surface area contributed by atoms with Crippen molar-refractivity contribution in [3.8, 4) is 0 Å². The Morgan fingerprint density at radius 1 is 1.17 bits per heavy atom. The predicted molar refractivity (Wildman–Crippen MR) is 7.61 cm³/mol. The minimum atomic E-state index is -5.39. The van der Waals surface area contributed by atoms with Crippen LogP contribution in [-0.4, -0.2) is 0 Å². The van der Waals surface area contributed by atoms with Crippen molar-refractivity contribution < 1.29 is 59.2 Å². The Morgan fingerprint density at radius 3 is 1.17 bits per heavy atom. The Kier molecular flexibility index (Phi) is 5.97. The quantitative estimate of drug-likeness (QED) is 0.449. The van der Waals surface area contributed by atoms with Gasteiger partial charge in [0.2, 0.25) is 0 Å². The summed E-state index contributed by atoms with van der Waals surface area (Å²) in [6.07, 6.45) is 0. The molecule has 0 aliphatic heterocycles. The molecule has 6 heavy (non-hydrogen) atoms. The van der Waals surface area contributed by atoms with Gasteiger partial charge < -0.3 is 19.2 Å². The van der Waals surface area contributed by atoms with Crippen molar-refractivity contribution in [3.63, 3.8) is 0 Å². The largest absolute Gasteiger partial charge is 4.00 e. The molecule has 0 bridgehead atoms. The van der Waals surface area contributed by atoms with Gasteiger partial charge in [-0.25, -0.2) is 0 Å². The van der Waals surface area contributed by atoms with Crippen LogP contribution >= 0.6 is 7.82 Å². The molecule has 0 aromatic rings. The second kappa shape index (κ2) is 3.44. The molecule has 0 atom stereocenters. The third kappa shape index (κ3) is 51.9. The van der Waals surface area contributed by atoms with Crippen molar-refractivity contribution >= 4 is 7.82 Å². The minimum Gasteiger partial charge on any atom is -0.822 e. The summed E-state index contributed by atoms with van der Waals surface area (Å²) in [5.74, 6) is 0. The molecule has 0 fully saturated rings. The van der Waals surface area contributed by atoms with Gasteiger partial charge in [0.25, 0.3) is 0 Å². The molecule has 0 radical (unpaired) electrons. The van der Waals surface area contributed by atoms with Crippen molar-refractivity contribution in [1.82, 2.24) is 0 Å². The molecular formula is O4PTh+. The van der Waals surface area contributed by atoms with Gasteiger partial charge in [-0.1, -0.05) is 0 Å². The van der Waals surface area contributed by atoms with Gasteiger partial charge in [0.15, 0.2) is 0 Å². The van der Waals surface area contributed by atoms with Crippen molar-refractivity contribution in [2.75, 3.05) is 0 Å². The van der Waals surface area contributed by atoms with E-state index in [1.165, 1.54) is 0 Å². The third-order valence-electron chi connectivity index (χ3n) is 0. The van der Waals surface area contributed by atoms with Gasteiger partial charge in [-0.05, 0) is 0 Å². The maximum Gasteiger partial charge on any atom is 4.00 e. The van der Waals surface area contributed by atoms with Gasteiger partial charge in [-0.15, -0.1) is 0 Å². The molecular weight excluding hydrogens is 327 g/mol. The van der Waals surface area contributed by atoms with Gasteiger partial charge >= 0.3 is 39.9 Å². The molecule has 0 saturated heterocycles. The average molecular weight is 327 g/mol. The van der Waals surface area contributed by atoms with Crippen LogP contribution in [0.2, 0.25) is 0 Å². The van der Waals surface area contributed by atoms with Crippen molar-refractivity contribution in [1.29, 1.82) is 0 Å². The van der Waals surface area contributed by atoms with Crippen LogP contribution in [0.5, 0.6) is 0 Å². The number of rotatable bonds is 0. The van der Waals surface area contributed by atoms with Crippen molar-refractivity contribution in [2.24, 2.45) is 0 Å². The molecule has 0 rings (SSSR count). The van der Waals surface area contributed by atoms with E-state index >= 15 is 0 Å². The summed E-state index contributed by atoms with van der Waals surface area (Å²) in [7, 11) is -5.39. The Morgan fingerprint density at radius 2 is 1.17 bits per heavy atom. The summed E-state index contributed by atoms with van der Waals surface area (Å²) < 4.78 is 8.55. The van der Waals surface area contributed by atoms with Gasteiger partial charge in [-0.2, -0.15) is 7.82 Å². The Hall–Kier alpha value is 1.43.